The lowest BCUT2D eigenvalue weighted by Gasteiger charge is -2.08. The Morgan fingerprint density at radius 2 is 1.88 bits per heavy atom. The molecule has 5 heterocycles. The van der Waals surface area contributed by atoms with Crippen LogP contribution in [0.5, 0.6) is 0 Å². The van der Waals surface area contributed by atoms with Crippen LogP contribution in [0.1, 0.15) is 18.9 Å². The van der Waals surface area contributed by atoms with Gasteiger partial charge in [0, 0.05) is 17.0 Å². The van der Waals surface area contributed by atoms with Crippen LogP contribution in [0.4, 0.5) is 5.95 Å². The second kappa shape index (κ2) is 11.7. The fourth-order valence-corrected chi connectivity index (χ4v) is 4.71. The van der Waals surface area contributed by atoms with Crippen molar-refractivity contribution >= 4 is 51.2 Å². The van der Waals surface area contributed by atoms with Crippen molar-refractivity contribution in [2.45, 2.75) is 26.3 Å². The monoisotopic (exact) mass is 597 g/mol. The summed E-state index contributed by atoms with van der Waals surface area (Å²) in [6.45, 7) is 2.51. The van der Waals surface area contributed by atoms with Crippen molar-refractivity contribution in [2.75, 3.05) is 5.32 Å². The second-order valence-corrected chi connectivity index (χ2v) is 9.90. The highest BCUT2D eigenvalue weighted by atomic mass is 35.5. The van der Waals surface area contributed by atoms with Crippen LogP contribution < -0.4 is 16.6 Å². The molecule has 0 aliphatic rings. The number of rotatable bonds is 6. The summed E-state index contributed by atoms with van der Waals surface area (Å²) >= 11 is 6.17. The van der Waals surface area contributed by atoms with Gasteiger partial charge >= 0.3 is 5.69 Å². The van der Waals surface area contributed by atoms with Gasteiger partial charge in [-0.1, -0.05) is 48.9 Å². The molecule has 0 aliphatic carbocycles. The van der Waals surface area contributed by atoms with E-state index in [1.54, 1.807) is 36.6 Å². The van der Waals surface area contributed by atoms with Crippen LogP contribution >= 0.6 is 11.6 Å². The Balaban J connectivity index is 0.000000197. The lowest BCUT2D eigenvalue weighted by Crippen LogP contribution is -2.30. The summed E-state index contributed by atoms with van der Waals surface area (Å²) in [5, 5.41) is 8.62. The number of aromatic nitrogens is 8. The topological polar surface area (TPSA) is 169 Å². The van der Waals surface area contributed by atoms with Crippen molar-refractivity contribution in [3.63, 3.8) is 0 Å². The number of nitrogens with one attached hydrogen (secondary N) is 3. The first-order valence-corrected chi connectivity index (χ1v) is 13.7. The number of benzene rings is 2. The second-order valence-electron chi connectivity index (χ2n) is 9.47. The SMILES string of the molecule is CCCn1c(=O)[nH]c(=O)c2[nH]cnc21.O=C(Cc1ccccc1)Nc1nc2ccc(Cl)cc2c2nc(-c3ccco3)nn12. The Bertz CT molecular complexity index is 2180. The molecule has 0 bridgehead atoms. The van der Waals surface area contributed by atoms with E-state index in [1.807, 2.05) is 37.3 Å². The summed E-state index contributed by atoms with van der Waals surface area (Å²) in [4.78, 5) is 53.3. The third kappa shape index (κ3) is 5.65. The summed E-state index contributed by atoms with van der Waals surface area (Å²) in [5.41, 5.74) is 2.02. The molecule has 1 amide bonds. The summed E-state index contributed by atoms with van der Waals surface area (Å²) < 4.78 is 8.36. The maximum absolute atomic E-state index is 12.6. The number of halogens is 1. The third-order valence-electron chi connectivity index (χ3n) is 6.45. The van der Waals surface area contributed by atoms with E-state index in [4.69, 9.17) is 16.0 Å². The van der Waals surface area contributed by atoms with Crippen molar-refractivity contribution in [1.29, 1.82) is 0 Å². The van der Waals surface area contributed by atoms with Crippen molar-refractivity contribution in [3.8, 4) is 11.6 Å². The molecule has 0 aliphatic heterocycles. The average Bonchev–Trinajstić information content (AvgIpc) is 3.78. The molecule has 0 saturated heterocycles. The number of amides is 1. The molecule has 0 radical (unpaired) electrons. The number of fused-ring (bicyclic) bond motifs is 4. The Kier molecular flexibility index (Phi) is 7.54. The van der Waals surface area contributed by atoms with Crippen LogP contribution in [0.3, 0.4) is 0 Å². The van der Waals surface area contributed by atoms with Crippen LogP contribution in [0.2, 0.25) is 5.02 Å². The number of carbonyl (C=O) groups excluding carboxylic acids is 1. The highest BCUT2D eigenvalue weighted by Crippen LogP contribution is 2.26. The molecule has 7 rings (SSSR count). The van der Waals surface area contributed by atoms with Gasteiger partial charge in [-0.05, 0) is 42.3 Å². The van der Waals surface area contributed by atoms with Gasteiger partial charge in [-0.3, -0.25) is 24.5 Å². The van der Waals surface area contributed by atoms with E-state index >= 15 is 0 Å². The molecule has 0 atom stereocenters. The normalized spacial score (nSPS) is 11.1. The minimum atomic E-state index is -0.421. The van der Waals surface area contributed by atoms with Crippen LogP contribution in [0, 0.1) is 0 Å². The lowest BCUT2D eigenvalue weighted by molar-refractivity contribution is -0.115. The Labute approximate surface area is 247 Å². The van der Waals surface area contributed by atoms with Gasteiger partial charge in [-0.2, -0.15) is 4.52 Å². The fourth-order valence-electron chi connectivity index (χ4n) is 4.53. The molecule has 3 N–H and O–H groups in total. The van der Waals surface area contributed by atoms with Crippen LogP contribution in [-0.4, -0.2) is 45.0 Å². The van der Waals surface area contributed by atoms with Gasteiger partial charge in [-0.25, -0.2) is 19.7 Å². The van der Waals surface area contributed by atoms with Crippen LogP contribution in [0.25, 0.3) is 39.3 Å². The first kappa shape index (κ1) is 27.6. The van der Waals surface area contributed by atoms with Gasteiger partial charge in [0.15, 0.2) is 17.1 Å². The molecule has 0 unspecified atom stereocenters. The molecular weight excluding hydrogens is 574 g/mol. The summed E-state index contributed by atoms with van der Waals surface area (Å²) in [6, 6.07) is 18.3. The first-order chi connectivity index (χ1) is 20.9. The molecule has 0 fully saturated rings. The minimum absolute atomic E-state index is 0.201. The van der Waals surface area contributed by atoms with Gasteiger partial charge in [0.25, 0.3) is 5.56 Å². The molecule has 13 nitrogen and oxygen atoms in total. The molecule has 43 heavy (non-hydrogen) atoms. The molecule has 7 aromatic rings. The predicted octanol–water partition coefficient (Wildman–Crippen LogP) is 4.20. The number of hydrogen-bond donors (Lipinski definition) is 3. The number of carbonyl (C=O) groups is 1. The van der Waals surface area contributed by atoms with Crippen molar-refractivity contribution in [3.05, 3.63) is 105 Å². The predicted molar refractivity (Wildman–Crippen MR) is 161 cm³/mol. The largest absolute Gasteiger partial charge is 0.461 e. The number of aromatic amines is 2. The van der Waals surface area contributed by atoms with E-state index in [0.717, 1.165) is 17.4 Å². The van der Waals surface area contributed by atoms with E-state index in [0.29, 0.717) is 45.5 Å². The van der Waals surface area contributed by atoms with Gasteiger partial charge < -0.3 is 9.40 Å². The van der Waals surface area contributed by atoms with Gasteiger partial charge in [-0.15, -0.1) is 5.10 Å². The van der Waals surface area contributed by atoms with Gasteiger partial charge in [0.1, 0.15) is 5.52 Å². The Morgan fingerprint density at radius 3 is 2.65 bits per heavy atom. The maximum Gasteiger partial charge on any atom is 0.330 e. The first-order valence-electron chi connectivity index (χ1n) is 13.3. The quantitative estimate of drug-likeness (QED) is 0.256. The van der Waals surface area contributed by atoms with Gasteiger partial charge in [0.05, 0.1) is 24.5 Å². The zero-order chi connectivity index (χ0) is 29.9. The molecule has 0 saturated carbocycles. The molecule has 216 valence electrons. The highest BCUT2D eigenvalue weighted by molar-refractivity contribution is 6.31. The van der Waals surface area contributed by atoms with Crippen molar-refractivity contribution < 1.29 is 9.21 Å². The van der Waals surface area contributed by atoms with Crippen LogP contribution in [-0.2, 0) is 17.8 Å². The number of H-pyrrole nitrogens is 2. The number of imidazole rings is 1. The molecule has 5 aromatic heterocycles. The smallest absolute Gasteiger partial charge is 0.330 e. The van der Waals surface area contributed by atoms with E-state index in [2.05, 4.69) is 35.3 Å². The van der Waals surface area contributed by atoms with Crippen LogP contribution in [0.15, 0.2) is 87.3 Å². The molecule has 14 heteroatoms. The third-order valence-corrected chi connectivity index (χ3v) is 6.68. The number of hydrogen-bond acceptors (Lipinski definition) is 8. The highest BCUT2D eigenvalue weighted by Gasteiger charge is 2.18. The summed E-state index contributed by atoms with van der Waals surface area (Å²) in [7, 11) is 0. The fraction of sp³-hybridized carbons (Fsp3) is 0.138. The number of nitrogens with zero attached hydrogens (tertiary/aromatic N) is 6. The Hall–Kier alpha value is -5.56. The number of anilines is 1. The van der Waals surface area contributed by atoms with Crippen molar-refractivity contribution in [1.82, 2.24) is 39.1 Å². The van der Waals surface area contributed by atoms with E-state index in [9.17, 15) is 14.4 Å². The minimum Gasteiger partial charge on any atom is -0.461 e. The van der Waals surface area contributed by atoms with E-state index < -0.39 is 11.2 Å². The maximum atomic E-state index is 12.6. The number of aryl methyl sites for hydroxylation is 1. The van der Waals surface area contributed by atoms with E-state index in [-0.39, 0.29) is 18.3 Å². The standard InChI is InChI=1S/C21H14ClN5O2.C8H10N4O2/c22-14-8-9-16-15(12-14)20-25-19(17-7-4-10-29-17)26-27(20)21(23-16)24-18(28)11-13-5-2-1-3-6-13;1-2-3-12-6-5(9-4-10-6)7(13)11-8(12)14/h1-10,12H,11H2,(H,23,24,28);4H,2-3H2,1H3,(H,9,10)(H,11,13,14). The van der Waals surface area contributed by atoms with Crippen molar-refractivity contribution in [2.24, 2.45) is 0 Å². The van der Waals surface area contributed by atoms with Gasteiger partial charge in [0.2, 0.25) is 17.7 Å². The molecular formula is C29H24ClN9O4. The molecule has 0 spiro atoms. The average molecular weight is 598 g/mol. The van der Waals surface area contributed by atoms with E-state index in [1.165, 1.54) is 15.4 Å². The molecule has 2 aromatic carbocycles. The Morgan fingerprint density at radius 1 is 1.05 bits per heavy atom. The summed E-state index contributed by atoms with van der Waals surface area (Å²) in [6.07, 6.45) is 4.00. The summed E-state index contributed by atoms with van der Waals surface area (Å²) in [5.74, 6) is 0.989. The lowest BCUT2D eigenvalue weighted by atomic mass is 10.1. The zero-order valence-corrected chi connectivity index (χ0v) is 23.5. The zero-order valence-electron chi connectivity index (χ0n) is 22.7. The number of furan rings is 1.